The standard InChI is InChI=1S/C12H8N2.C10H8N2.C2H8N2/c1-3-9-5-6-10-4-2-8-14-12(10)11(9)13-7-1;1-3-7-11-9(5-1)10-6-2-4-8-12-10;3-1-2-4/h1-8H;1-8H;1-4H2. The SMILES string of the molecule is NCCN.c1ccc(-c2ccccn2)nc1.c1cnc2c(c1)ccc1cccnc12. The van der Waals surface area contributed by atoms with Crippen molar-refractivity contribution in [2.75, 3.05) is 13.1 Å². The Bertz CT molecular complexity index is 1070. The lowest BCUT2D eigenvalue weighted by Crippen LogP contribution is -2.11. The van der Waals surface area contributed by atoms with E-state index in [9.17, 15) is 0 Å². The van der Waals surface area contributed by atoms with E-state index in [-0.39, 0.29) is 0 Å². The molecule has 0 spiro atoms. The van der Waals surface area contributed by atoms with Gasteiger partial charge in [-0.05, 0) is 36.4 Å². The van der Waals surface area contributed by atoms with Gasteiger partial charge in [0.05, 0.1) is 22.4 Å². The van der Waals surface area contributed by atoms with Gasteiger partial charge < -0.3 is 11.5 Å². The van der Waals surface area contributed by atoms with Gasteiger partial charge in [-0.2, -0.15) is 0 Å². The molecule has 0 saturated carbocycles. The van der Waals surface area contributed by atoms with Crippen LogP contribution in [0.1, 0.15) is 0 Å². The van der Waals surface area contributed by atoms with Gasteiger partial charge >= 0.3 is 0 Å². The van der Waals surface area contributed by atoms with Crippen molar-refractivity contribution in [3.8, 4) is 11.4 Å². The summed E-state index contributed by atoms with van der Waals surface area (Å²) in [6.45, 7) is 1.19. The molecular weight excluding hydrogens is 372 g/mol. The van der Waals surface area contributed by atoms with Gasteiger partial charge in [0.15, 0.2) is 0 Å². The van der Waals surface area contributed by atoms with Gasteiger partial charge in [-0.25, -0.2) is 0 Å². The minimum Gasteiger partial charge on any atom is -0.329 e. The van der Waals surface area contributed by atoms with Crippen molar-refractivity contribution >= 4 is 21.8 Å². The second-order valence-corrected chi connectivity index (χ2v) is 6.22. The fourth-order valence-electron chi connectivity index (χ4n) is 2.71. The Hall–Kier alpha value is -3.74. The first-order chi connectivity index (χ1) is 14.8. The largest absolute Gasteiger partial charge is 0.329 e. The number of nitrogens with two attached hydrogens (primary N) is 2. The van der Waals surface area contributed by atoms with Gasteiger partial charge in [0.1, 0.15) is 0 Å². The molecule has 1 aromatic carbocycles. The minimum atomic E-state index is 0.597. The van der Waals surface area contributed by atoms with E-state index in [0.717, 1.165) is 33.2 Å². The average Bonchev–Trinajstić information content (AvgIpc) is 2.85. The zero-order valence-electron chi connectivity index (χ0n) is 16.6. The summed E-state index contributed by atoms with van der Waals surface area (Å²) in [4.78, 5) is 17.1. The van der Waals surface area contributed by atoms with E-state index in [1.807, 2.05) is 48.5 Å². The van der Waals surface area contributed by atoms with Crippen molar-refractivity contribution < 1.29 is 0 Å². The van der Waals surface area contributed by atoms with E-state index in [1.54, 1.807) is 24.8 Å². The van der Waals surface area contributed by atoms with Crippen LogP contribution in [0.3, 0.4) is 0 Å². The molecular formula is C24H24N6. The van der Waals surface area contributed by atoms with Crippen molar-refractivity contribution in [1.82, 2.24) is 19.9 Å². The van der Waals surface area contributed by atoms with Crippen LogP contribution in [0.25, 0.3) is 33.2 Å². The van der Waals surface area contributed by atoms with E-state index >= 15 is 0 Å². The minimum absolute atomic E-state index is 0.597. The molecule has 0 radical (unpaired) electrons. The maximum atomic E-state index is 4.90. The first kappa shape index (κ1) is 21.0. The van der Waals surface area contributed by atoms with E-state index in [0.29, 0.717) is 13.1 Å². The molecule has 5 rings (SSSR count). The molecule has 0 aliphatic heterocycles. The highest BCUT2D eigenvalue weighted by Gasteiger charge is 2.00. The van der Waals surface area contributed by atoms with Crippen LogP contribution in [-0.4, -0.2) is 33.0 Å². The van der Waals surface area contributed by atoms with Gasteiger partial charge in [-0.1, -0.05) is 36.4 Å². The third-order valence-electron chi connectivity index (χ3n) is 4.10. The molecule has 0 fully saturated rings. The number of hydrogen-bond donors (Lipinski definition) is 2. The number of nitrogens with zero attached hydrogens (tertiary/aromatic N) is 4. The van der Waals surface area contributed by atoms with Crippen LogP contribution in [-0.2, 0) is 0 Å². The maximum Gasteiger partial charge on any atom is 0.0964 e. The molecule has 0 amide bonds. The summed E-state index contributed by atoms with van der Waals surface area (Å²) >= 11 is 0. The number of hydrogen-bond acceptors (Lipinski definition) is 6. The van der Waals surface area contributed by atoms with Gasteiger partial charge in [0.2, 0.25) is 0 Å². The zero-order valence-corrected chi connectivity index (χ0v) is 16.6. The second-order valence-electron chi connectivity index (χ2n) is 6.22. The third kappa shape index (κ3) is 5.64. The molecule has 30 heavy (non-hydrogen) atoms. The Balaban J connectivity index is 0.000000147. The highest BCUT2D eigenvalue weighted by Crippen LogP contribution is 2.20. The summed E-state index contributed by atoms with van der Waals surface area (Å²) in [6, 6.07) is 23.7. The number of fused-ring (bicyclic) bond motifs is 3. The highest BCUT2D eigenvalue weighted by molar-refractivity contribution is 6.02. The Kier molecular flexibility index (Phi) is 7.91. The summed E-state index contributed by atoms with van der Waals surface area (Å²) in [5.41, 5.74) is 13.6. The molecule has 0 aliphatic carbocycles. The van der Waals surface area contributed by atoms with Crippen molar-refractivity contribution in [3.05, 3.63) is 97.6 Å². The summed E-state index contributed by atoms with van der Waals surface area (Å²) in [7, 11) is 0. The maximum absolute atomic E-state index is 4.90. The lowest BCUT2D eigenvalue weighted by atomic mass is 10.1. The van der Waals surface area contributed by atoms with Gasteiger partial charge in [-0.3, -0.25) is 19.9 Å². The summed E-state index contributed by atoms with van der Waals surface area (Å²) in [5.74, 6) is 0. The number of aromatic nitrogens is 4. The molecule has 6 nitrogen and oxygen atoms in total. The van der Waals surface area contributed by atoms with E-state index in [2.05, 4.69) is 44.2 Å². The zero-order chi connectivity index (χ0) is 21.0. The lowest BCUT2D eigenvalue weighted by molar-refractivity contribution is 0.976. The van der Waals surface area contributed by atoms with Crippen LogP contribution in [0, 0.1) is 0 Å². The number of benzene rings is 1. The lowest BCUT2D eigenvalue weighted by Gasteiger charge is -2.00. The second kappa shape index (κ2) is 11.3. The topological polar surface area (TPSA) is 104 Å². The monoisotopic (exact) mass is 396 g/mol. The third-order valence-corrected chi connectivity index (χ3v) is 4.10. The highest BCUT2D eigenvalue weighted by atomic mass is 14.8. The van der Waals surface area contributed by atoms with Gasteiger partial charge in [0.25, 0.3) is 0 Å². The summed E-state index contributed by atoms with van der Waals surface area (Å²) in [5, 5.41) is 2.28. The van der Waals surface area contributed by atoms with Gasteiger partial charge in [-0.15, -0.1) is 0 Å². The number of rotatable bonds is 2. The molecule has 6 heteroatoms. The van der Waals surface area contributed by atoms with Crippen LogP contribution in [0.5, 0.6) is 0 Å². The average molecular weight is 396 g/mol. The Morgan fingerprint density at radius 2 is 0.900 bits per heavy atom. The number of pyridine rings is 4. The predicted octanol–water partition coefficient (Wildman–Crippen LogP) is 3.83. The quantitative estimate of drug-likeness (QED) is 0.440. The Morgan fingerprint density at radius 3 is 1.27 bits per heavy atom. The first-order valence-corrected chi connectivity index (χ1v) is 9.64. The predicted molar refractivity (Wildman–Crippen MR) is 123 cm³/mol. The van der Waals surface area contributed by atoms with Crippen LogP contribution in [0.2, 0.25) is 0 Å². The summed E-state index contributed by atoms with van der Waals surface area (Å²) in [6.07, 6.45) is 7.14. The van der Waals surface area contributed by atoms with Crippen molar-refractivity contribution in [3.63, 3.8) is 0 Å². The normalized spacial score (nSPS) is 9.93. The van der Waals surface area contributed by atoms with Crippen molar-refractivity contribution in [2.24, 2.45) is 11.5 Å². The van der Waals surface area contributed by atoms with Crippen LogP contribution in [0.4, 0.5) is 0 Å². The fraction of sp³-hybridized carbons (Fsp3) is 0.0833. The Labute approximate surface area is 175 Å². The molecule has 0 unspecified atom stereocenters. The molecule has 0 bridgehead atoms. The first-order valence-electron chi connectivity index (χ1n) is 9.64. The molecule has 4 N–H and O–H groups in total. The van der Waals surface area contributed by atoms with Crippen LogP contribution < -0.4 is 11.5 Å². The van der Waals surface area contributed by atoms with E-state index in [4.69, 9.17) is 11.5 Å². The van der Waals surface area contributed by atoms with E-state index in [1.165, 1.54) is 0 Å². The van der Waals surface area contributed by atoms with Gasteiger partial charge in [0, 0.05) is 48.6 Å². The van der Waals surface area contributed by atoms with Crippen molar-refractivity contribution in [2.45, 2.75) is 0 Å². The molecule has 5 aromatic rings. The molecule has 0 saturated heterocycles. The molecule has 4 aromatic heterocycles. The Morgan fingerprint density at radius 1 is 0.467 bits per heavy atom. The van der Waals surface area contributed by atoms with Crippen molar-refractivity contribution in [1.29, 1.82) is 0 Å². The smallest absolute Gasteiger partial charge is 0.0964 e. The molecule has 4 heterocycles. The van der Waals surface area contributed by atoms with E-state index < -0.39 is 0 Å². The van der Waals surface area contributed by atoms with Crippen LogP contribution in [0.15, 0.2) is 97.6 Å². The fourth-order valence-corrected chi connectivity index (χ4v) is 2.71. The molecule has 0 atom stereocenters. The molecule has 0 aliphatic rings. The molecule has 150 valence electrons. The van der Waals surface area contributed by atoms with Crippen LogP contribution >= 0.6 is 0 Å². The summed E-state index contributed by atoms with van der Waals surface area (Å²) < 4.78 is 0.